The van der Waals surface area contributed by atoms with Crippen LogP contribution >= 0.6 is 0 Å². The van der Waals surface area contributed by atoms with Crippen LogP contribution in [0.4, 0.5) is 11.5 Å². The van der Waals surface area contributed by atoms with Crippen LogP contribution in [-0.2, 0) is 21.9 Å². The molecule has 1 aliphatic rings. The number of nitrogens with one attached hydrogen (secondary N) is 2. The van der Waals surface area contributed by atoms with Gasteiger partial charge in [0.25, 0.3) is 10.0 Å². The van der Waals surface area contributed by atoms with Crippen molar-refractivity contribution in [1.82, 2.24) is 15.0 Å². The summed E-state index contributed by atoms with van der Waals surface area (Å²) in [4.78, 5) is 24.3. The summed E-state index contributed by atoms with van der Waals surface area (Å²) in [5, 5.41) is 9.17. The maximum Gasteiger partial charge on any atom is 0.335 e. The summed E-state index contributed by atoms with van der Waals surface area (Å²) in [5.74, 6) is -0.857. The number of aromatic carboxylic acids is 1. The van der Waals surface area contributed by atoms with Crippen molar-refractivity contribution in [2.24, 2.45) is 0 Å². The number of carboxylic acid groups (broad SMARTS) is 1. The summed E-state index contributed by atoms with van der Waals surface area (Å²) in [6, 6.07) is 16.1. The summed E-state index contributed by atoms with van der Waals surface area (Å²) in [5.41, 5.74) is 10.3. The van der Waals surface area contributed by atoms with Crippen molar-refractivity contribution in [1.29, 1.82) is 0 Å². The Morgan fingerprint density at radius 2 is 1.68 bits per heavy atom. The number of anilines is 2. The molecule has 1 aliphatic carbocycles. The first-order valence-electron chi connectivity index (χ1n) is 11.9. The van der Waals surface area contributed by atoms with Crippen molar-refractivity contribution >= 4 is 27.5 Å². The Bertz CT molecular complexity index is 1590. The van der Waals surface area contributed by atoms with Gasteiger partial charge in [-0.15, -0.1) is 0 Å². The standard InChI is InChI=1S/C27H27N5O4S/c1-27(2)15-3-4-22-24(27)31-25(32-37(35,36)19-11-9-18(28)10-12-19)23(30-22)21-14-13-20(29-21)16-5-7-17(8-6-16)26(33)34/h5-14,29H,3-4,15,28H2,1-2H3,(H,31,32)(H,33,34). The number of nitrogens with zero attached hydrogens (tertiary/aromatic N) is 2. The molecule has 5 rings (SSSR count). The van der Waals surface area contributed by atoms with Gasteiger partial charge < -0.3 is 15.8 Å². The molecular formula is C27H27N5O4S. The molecule has 10 heteroatoms. The zero-order valence-corrected chi connectivity index (χ0v) is 21.3. The minimum atomic E-state index is -3.96. The molecule has 0 aliphatic heterocycles. The van der Waals surface area contributed by atoms with Crippen LogP contribution in [0.5, 0.6) is 0 Å². The molecule has 9 nitrogen and oxygen atoms in total. The lowest BCUT2D eigenvalue weighted by Crippen LogP contribution is -2.28. The number of aryl methyl sites for hydroxylation is 1. The second kappa shape index (κ2) is 9.04. The molecule has 2 heterocycles. The van der Waals surface area contributed by atoms with E-state index in [1.807, 2.05) is 12.1 Å². The number of fused-ring (bicyclic) bond motifs is 1. The van der Waals surface area contributed by atoms with Gasteiger partial charge in [-0.3, -0.25) is 4.72 Å². The Hall–Kier alpha value is -4.18. The van der Waals surface area contributed by atoms with Crippen LogP contribution in [0.3, 0.4) is 0 Å². The first-order valence-corrected chi connectivity index (χ1v) is 13.3. The van der Waals surface area contributed by atoms with Crippen LogP contribution in [0.25, 0.3) is 22.6 Å². The van der Waals surface area contributed by atoms with Gasteiger partial charge in [-0.25, -0.2) is 23.2 Å². The van der Waals surface area contributed by atoms with E-state index in [1.54, 1.807) is 12.1 Å². The fraction of sp³-hybridized carbons (Fsp3) is 0.222. The minimum Gasteiger partial charge on any atom is -0.478 e. The van der Waals surface area contributed by atoms with Crippen molar-refractivity contribution in [2.45, 2.75) is 43.4 Å². The number of nitrogen functional groups attached to an aromatic ring is 1. The number of carbonyl (C=O) groups is 1. The summed E-state index contributed by atoms with van der Waals surface area (Å²) < 4.78 is 29.2. The highest BCUT2D eigenvalue weighted by atomic mass is 32.2. The van der Waals surface area contributed by atoms with E-state index >= 15 is 0 Å². The van der Waals surface area contributed by atoms with Crippen molar-refractivity contribution < 1.29 is 18.3 Å². The van der Waals surface area contributed by atoms with E-state index < -0.39 is 16.0 Å². The topological polar surface area (TPSA) is 151 Å². The van der Waals surface area contributed by atoms with Crippen molar-refractivity contribution in [3.8, 4) is 22.6 Å². The summed E-state index contributed by atoms with van der Waals surface area (Å²) >= 11 is 0. The van der Waals surface area contributed by atoms with Gasteiger partial charge in [0.1, 0.15) is 5.69 Å². The molecular weight excluding hydrogens is 490 g/mol. The van der Waals surface area contributed by atoms with Crippen molar-refractivity contribution in [3.63, 3.8) is 0 Å². The highest BCUT2D eigenvalue weighted by Gasteiger charge is 2.32. The number of aromatic amines is 1. The molecule has 0 saturated heterocycles. The third-order valence-electron chi connectivity index (χ3n) is 6.63. The van der Waals surface area contributed by atoms with E-state index in [0.717, 1.165) is 41.9 Å². The van der Waals surface area contributed by atoms with Crippen LogP contribution in [0, 0.1) is 0 Å². The van der Waals surface area contributed by atoms with E-state index in [0.29, 0.717) is 17.1 Å². The summed E-state index contributed by atoms with van der Waals surface area (Å²) in [6.45, 7) is 4.18. The van der Waals surface area contributed by atoms with E-state index in [-0.39, 0.29) is 21.7 Å². The molecule has 0 atom stereocenters. The number of hydrogen-bond donors (Lipinski definition) is 4. The van der Waals surface area contributed by atoms with Crippen LogP contribution in [0.2, 0.25) is 0 Å². The van der Waals surface area contributed by atoms with E-state index in [4.69, 9.17) is 20.8 Å². The van der Waals surface area contributed by atoms with Gasteiger partial charge >= 0.3 is 5.97 Å². The monoisotopic (exact) mass is 517 g/mol. The molecule has 190 valence electrons. The first-order chi connectivity index (χ1) is 17.5. The van der Waals surface area contributed by atoms with Crippen molar-refractivity contribution in [2.75, 3.05) is 10.5 Å². The van der Waals surface area contributed by atoms with E-state index in [1.165, 1.54) is 36.4 Å². The average Bonchev–Trinajstić information content (AvgIpc) is 3.34. The molecule has 0 amide bonds. The van der Waals surface area contributed by atoms with Crippen LogP contribution < -0.4 is 10.5 Å². The molecule has 0 spiro atoms. The molecule has 0 saturated carbocycles. The van der Waals surface area contributed by atoms with Gasteiger partial charge in [-0.05, 0) is 73.4 Å². The summed E-state index contributed by atoms with van der Waals surface area (Å²) in [6.07, 6.45) is 2.65. The van der Waals surface area contributed by atoms with Crippen molar-refractivity contribution in [3.05, 3.63) is 77.6 Å². The highest BCUT2D eigenvalue weighted by molar-refractivity contribution is 7.92. The fourth-order valence-electron chi connectivity index (χ4n) is 4.59. The predicted molar refractivity (Wildman–Crippen MR) is 142 cm³/mol. The Balaban J connectivity index is 1.59. The van der Waals surface area contributed by atoms with Gasteiger partial charge in [0.05, 0.1) is 27.5 Å². The zero-order chi connectivity index (χ0) is 26.4. The van der Waals surface area contributed by atoms with Gasteiger partial charge in [0.15, 0.2) is 5.82 Å². The minimum absolute atomic E-state index is 0.0668. The molecule has 5 N–H and O–H groups in total. The maximum atomic E-state index is 13.3. The number of aromatic nitrogens is 3. The normalized spacial score (nSPS) is 14.6. The SMILES string of the molecule is CC1(C)CCCc2nc(-c3ccc(-c4ccc(C(=O)O)cc4)[nH]3)c(NS(=O)(=O)c3ccc(N)cc3)nc21. The lowest BCUT2D eigenvalue weighted by molar-refractivity contribution is 0.0697. The second-order valence-corrected chi connectivity index (χ2v) is 11.5. The quantitative estimate of drug-likeness (QED) is 0.267. The lowest BCUT2D eigenvalue weighted by atomic mass is 9.77. The highest BCUT2D eigenvalue weighted by Crippen LogP contribution is 2.38. The number of sulfonamides is 1. The summed E-state index contributed by atoms with van der Waals surface area (Å²) in [7, 11) is -3.96. The molecule has 37 heavy (non-hydrogen) atoms. The average molecular weight is 518 g/mol. The third kappa shape index (κ3) is 4.79. The fourth-order valence-corrected chi connectivity index (χ4v) is 5.60. The van der Waals surface area contributed by atoms with E-state index in [9.17, 15) is 13.2 Å². The number of carboxylic acids is 1. The maximum absolute atomic E-state index is 13.3. The molecule has 2 aromatic carbocycles. The predicted octanol–water partition coefficient (Wildman–Crippen LogP) is 4.83. The lowest BCUT2D eigenvalue weighted by Gasteiger charge is -2.31. The largest absolute Gasteiger partial charge is 0.478 e. The Morgan fingerprint density at radius 3 is 2.35 bits per heavy atom. The molecule has 4 aromatic rings. The molecule has 0 unspecified atom stereocenters. The Kier molecular flexibility index (Phi) is 5.99. The number of benzene rings is 2. The molecule has 0 bridgehead atoms. The molecule has 0 fully saturated rings. The van der Waals surface area contributed by atoms with Gasteiger partial charge in [0.2, 0.25) is 0 Å². The zero-order valence-electron chi connectivity index (χ0n) is 20.4. The second-order valence-electron chi connectivity index (χ2n) is 9.80. The van der Waals surface area contributed by atoms with Gasteiger partial charge in [0, 0.05) is 16.8 Å². The molecule has 2 aromatic heterocycles. The smallest absolute Gasteiger partial charge is 0.335 e. The number of nitrogens with two attached hydrogens (primary N) is 1. The Labute approximate surface area is 214 Å². The number of rotatable bonds is 6. The van der Waals surface area contributed by atoms with Crippen LogP contribution in [-0.4, -0.2) is 34.4 Å². The third-order valence-corrected chi connectivity index (χ3v) is 7.98. The number of hydrogen-bond acceptors (Lipinski definition) is 6. The first kappa shape index (κ1) is 24.5. The van der Waals surface area contributed by atoms with Crippen LogP contribution in [0.15, 0.2) is 65.6 Å². The van der Waals surface area contributed by atoms with E-state index in [2.05, 4.69) is 23.6 Å². The molecule has 0 radical (unpaired) electrons. The Morgan fingerprint density at radius 1 is 1.00 bits per heavy atom. The van der Waals surface area contributed by atoms with Gasteiger partial charge in [-0.1, -0.05) is 26.0 Å². The number of H-pyrrole nitrogens is 1. The van der Waals surface area contributed by atoms with Crippen LogP contribution in [0.1, 0.15) is 48.4 Å². The van der Waals surface area contributed by atoms with Gasteiger partial charge in [-0.2, -0.15) is 0 Å².